The number of piperidine rings is 1. The van der Waals surface area contributed by atoms with Crippen molar-refractivity contribution in [1.29, 1.82) is 0 Å². The second kappa shape index (κ2) is 6.62. The molecule has 8 heteroatoms. The molecule has 134 valence electrons. The largest absolute Gasteiger partial charge is 0.480 e. The van der Waals surface area contributed by atoms with Crippen LogP contribution >= 0.6 is 0 Å². The summed E-state index contributed by atoms with van der Waals surface area (Å²) >= 11 is 0. The van der Waals surface area contributed by atoms with E-state index in [-0.39, 0.29) is 18.4 Å². The summed E-state index contributed by atoms with van der Waals surface area (Å²) < 4.78 is 3.16. The van der Waals surface area contributed by atoms with Crippen LogP contribution in [0.25, 0.3) is 5.52 Å². The average Bonchev–Trinajstić information content (AvgIpc) is 3.29. The highest BCUT2D eigenvalue weighted by Crippen LogP contribution is 2.27. The normalized spacial score (nSPS) is 17.5. The predicted molar refractivity (Wildman–Crippen MR) is 92.9 cm³/mol. The number of hydrogen-bond acceptors (Lipinski definition) is 4. The van der Waals surface area contributed by atoms with Crippen LogP contribution in [0.15, 0.2) is 42.7 Å². The van der Waals surface area contributed by atoms with Crippen molar-refractivity contribution in [3.63, 3.8) is 0 Å². The van der Waals surface area contributed by atoms with Crippen LogP contribution in [0.2, 0.25) is 0 Å². The first-order chi connectivity index (χ1) is 12.6. The minimum atomic E-state index is -0.927. The van der Waals surface area contributed by atoms with Crippen molar-refractivity contribution < 1.29 is 14.7 Å². The predicted octanol–water partition coefficient (Wildman–Crippen LogP) is 1.64. The number of likely N-dealkylation sites (tertiary alicyclic amines) is 1. The molecule has 0 spiro atoms. The first-order valence-corrected chi connectivity index (χ1v) is 8.59. The molecule has 1 atom stereocenters. The summed E-state index contributed by atoms with van der Waals surface area (Å²) in [6, 6.07) is 9.25. The highest BCUT2D eigenvalue weighted by atomic mass is 16.4. The number of carbonyl (C=O) groups excluding carboxylic acids is 1. The Morgan fingerprint density at radius 3 is 2.85 bits per heavy atom. The SMILES string of the molecule is O=C(O)Cn1nccc1[C@@H]1CCCN(C(=O)c2cccc3ccnn23)C1. The van der Waals surface area contributed by atoms with Crippen molar-refractivity contribution in [3.8, 4) is 0 Å². The van der Waals surface area contributed by atoms with Crippen molar-refractivity contribution in [2.45, 2.75) is 25.3 Å². The van der Waals surface area contributed by atoms with Crippen LogP contribution in [-0.2, 0) is 11.3 Å². The lowest BCUT2D eigenvalue weighted by molar-refractivity contribution is -0.137. The molecule has 4 heterocycles. The number of amides is 1. The quantitative estimate of drug-likeness (QED) is 0.770. The van der Waals surface area contributed by atoms with Gasteiger partial charge in [-0.1, -0.05) is 6.07 Å². The number of rotatable bonds is 4. The maximum absolute atomic E-state index is 13.0. The van der Waals surface area contributed by atoms with E-state index in [1.54, 1.807) is 23.0 Å². The number of aliphatic carboxylic acids is 1. The van der Waals surface area contributed by atoms with E-state index in [9.17, 15) is 9.59 Å². The van der Waals surface area contributed by atoms with Crippen LogP contribution in [0.1, 0.15) is 34.9 Å². The van der Waals surface area contributed by atoms with E-state index < -0.39 is 5.97 Å². The molecular weight excluding hydrogens is 334 g/mol. The maximum atomic E-state index is 13.0. The fourth-order valence-corrected chi connectivity index (χ4v) is 3.63. The topological polar surface area (TPSA) is 92.7 Å². The van der Waals surface area contributed by atoms with E-state index in [0.29, 0.717) is 18.8 Å². The molecule has 0 aliphatic carbocycles. The van der Waals surface area contributed by atoms with E-state index in [2.05, 4.69) is 10.2 Å². The summed E-state index contributed by atoms with van der Waals surface area (Å²) in [5.41, 5.74) is 2.28. The molecule has 1 aliphatic rings. The van der Waals surface area contributed by atoms with Gasteiger partial charge in [0.05, 0.1) is 11.7 Å². The Hall–Kier alpha value is -3.16. The van der Waals surface area contributed by atoms with E-state index >= 15 is 0 Å². The standard InChI is InChI=1S/C18H19N5O3/c24-17(25)12-22-15(7-9-19-22)13-3-2-10-21(11-13)18(26)16-5-1-4-14-6-8-20-23(14)16/h1,4-9,13H,2-3,10-12H2,(H,24,25)/t13-/m1/s1. The third kappa shape index (κ3) is 2.94. The number of carboxylic acids is 1. The molecule has 0 saturated carbocycles. The third-order valence-corrected chi connectivity index (χ3v) is 4.80. The van der Waals surface area contributed by atoms with E-state index in [1.807, 2.05) is 29.2 Å². The van der Waals surface area contributed by atoms with Gasteiger partial charge in [0.1, 0.15) is 12.2 Å². The summed E-state index contributed by atoms with van der Waals surface area (Å²) in [6.45, 7) is 1.06. The molecule has 8 nitrogen and oxygen atoms in total. The van der Waals surface area contributed by atoms with Crippen LogP contribution < -0.4 is 0 Å². The zero-order valence-electron chi connectivity index (χ0n) is 14.2. The zero-order chi connectivity index (χ0) is 18.1. The van der Waals surface area contributed by atoms with Crippen LogP contribution in [0.4, 0.5) is 0 Å². The smallest absolute Gasteiger partial charge is 0.325 e. The molecule has 0 bridgehead atoms. The molecule has 4 rings (SSSR count). The van der Waals surface area contributed by atoms with Crippen LogP contribution in [0.3, 0.4) is 0 Å². The van der Waals surface area contributed by atoms with Gasteiger partial charge >= 0.3 is 5.97 Å². The zero-order valence-corrected chi connectivity index (χ0v) is 14.2. The molecule has 26 heavy (non-hydrogen) atoms. The molecule has 3 aromatic heterocycles. The Bertz CT molecular complexity index is 961. The average molecular weight is 353 g/mol. The van der Waals surface area contributed by atoms with Crippen LogP contribution in [0, 0.1) is 0 Å². The van der Waals surface area contributed by atoms with Crippen molar-refractivity contribution in [1.82, 2.24) is 24.3 Å². The van der Waals surface area contributed by atoms with Crippen molar-refractivity contribution >= 4 is 17.4 Å². The van der Waals surface area contributed by atoms with Gasteiger partial charge in [-0.2, -0.15) is 10.2 Å². The molecule has 1 fully saturated rings. The van der Waals surface area contributed by atoms with Gasteiger partial charge in [0.15, 0.2) is 0 Å². The third-order valence-electron chi connectivity index (χ3n) is 4.80. The highest BCUT2D eigenvalue weighted by Gasteiger charge is 2.28. The van der Waals surface area contributed by atoms with Gasteiger partial charge in [-0.15, -0.1) is 0 Å². The Balaban J connectivity index is 1.57. The first kappa shape index (κ1) is 16.3. The fraction of sp³-hybridized carbons (Fsp3) is 0.333. The lowest BCUT2D eigenvalue weighted by atomic mass is 9.94. The van der Waals surface area contributed by atoms with E-state index in [0.717, 1.165) is 24.1 Å². The van der Waals surface area contributed by atoms with Crippen LogP contribution in [0.5, 0.6) is 0 Å². The summed E-state index contributed by atoms with van der Waals surface area (Å²) in [5, 5.41) is 17.4. The number of pyridine rings is 1. The van der Waals surface area contributed by atoms with Crippen molar-refractivity contribution in [2.24, 2.45) is 0 Å². The van der Waals surface area contributed by atoms with Gasteiger partial charge in [-0.3, -0.25) is 14.3 Å². The van der Waals surface area contributed by atoms with Gasteiger partial charge in [0.25, 0.3) is 5.91 Å². The number of hydrogen-bond donors (Lipinski definition) is 1. The summed E-state index contributed by atoms with van der Waals surface area (Å²) in [4.78, 5) is 25.9. The molecular formula is C18H19N5O3. The minimum absolute atomic E-state index is 0.0618. The minimum Gasteiger partial charge on any atom is -0.480 e. The number of carbonyl (C=O) groups is 2. The van der Waals surface area contributed by atoms with Crippen molar-refractivity contribution in [2.75, 3.05) is 13.1 Å². The number of fused-ring (bicyclic) bond motifs is 1. The Morgan fingerprint density at radius 2 is 2.00 bits per heavy atom. The van der Waals surface area contributed by atoms with Crippen LogP contribution in [-0.4, -0.2) is 54.4 Å². The molecule has 1 N–H and O–H groups in total. The molecule has 1 saturated heterocycles. The summed E-state index contributed by atoms with van der Waals surface area (Å²) in [6.07, 6.45) is 5.06. The Labute approximate surface area is 149 Å². The number of carboxylic acid groups (broad SMARTS) is 1. The van der Waals surface area contributed by atoms with Gasteiger partial charge in [-0.25, -0.2) is 4.52 Å². The lowest BCUT2D eigenvalue weighted by Gasteiger charge is -2.33. The summed E-state index contributed by atoms with van der Waals surface area (Å²) in [7, 11) is 0. The molecule has 0 unspecified atom stereocenters. The van der Waals surface area contributed by atoms with Gasteiger partial charge in [0, 0.05) is 30.9 Å². The van der Waals surface area contributed by atoms with E-state index in [1.165, 1.54) is 4.68 Å². The second-order valence-electron chi connectivity index (χ2n) is 6.48. The van der Waals surface area contributed by atoms with Gasteiger partial charge in [-0.05, 0) is 37.1 Å². The van der Waals surface area contributed by atoms with Gasteiger partial charge in [0.2, 0.25) is 0 Å². The Morgan fingerprint density at radius 1 is 1.15 bits per heavy atom. The summed E-state index contributed by atoms with van der Waals surface area (Å²) in [5.74, 6) is -0.913. The lowest BCUT2D eigenvalue weighted by Crippen LogP contribution is -2.40. The maximum Gasteiger partial charge on any atom is 0.325 e. The molecule has 1 amide bonds. The second-order valence-corrected chi connectivity index (χ2v) is 6.48. The molecule has 0 aromatic carbocycles. The number of nitrogens with zero attached hydrogens (tertiary/aromatic N) is 5. The molecule has 3 aromatic rings. The van der Waals surface area contributed by atoms with E-state index in [4.69, 9.17) is 5.11 Å². The number of aromatic nitrogens is 4. The Kier molecular flexibility index (Phi) is 4.16. The fourth-order valence-electron chi connectivity index (χ4n) is 3.63. The molecule has 0 radical (unpaired) electrons. The monoisotopic (exact) mass is 353 g/mol. The van der Waals surface area contributed by atoms with Gasteiger partial charge < -0.3 is 10.0 Å². The first-order valence-electron chi connectivity index (χ1n) is 8.59. The molecule has 1 aliphatic heterocycles. The highest BCUT2D eigenvalue weighted by molar-refractivity contribution is 5.93. The van der Waals surface area contributed by atoms with Crippen molar-refractivity contribution in [3.05, 3.63) is 54.1 Å².